The Kier molecular flexibility index (Phi) is 18.0. The van der Waals surface area contributed by atoms with Crippen LogP contribution in [0.5, 0.6) is 0 Å². The van der Waals surface area contributed by atoms with Gasteiger partial charge in [-0.05, 0) is 46.5 Å². The predicted molar refractivity (Wildman–Crippen MR) is 330 cm³/mol. The lowest BCUT2D eigenvalue weighted by atomic mass is 9.92. The van der Waals surface area contributed by atoms with E-state index in [9.17, 15) is 5.11 Å². The summed E-state index contributed by atoms with van der Waals surface area (Å²) in [5.74, 6) is -3.32. The zero-order chi connectivity index (χ0) is 62.8. The Balaban J connectivity index is 0.903. The van der Waals surface area contributed by atoms with Gasteiger partial charge in [-0.15, -0.1) is 0 Å². The van der Waals surface area contributed by atoms with E-state index in [0.29, 0.717) is 17.1 Å². The molecule has 1 aliphatic carbocycles. The molecule has 6 heterocycles. The van der Waals surface area contributed by atoms with Crippen molar-refractivity contribution in [2.75, 3.05) is 33.9 Å². The van der Waals surface area contributed by atoms with E-state index < -0.39 is 121 Å². The van der Waals surface area contributed by atoms with Gasteiger partial charge in [-0.2, -0.15) is 0 Å². The summed E-state index contributed by atoms with van der Waals surface area (Å²) in [4.78, 5) is 70.1. The molecule has 4 amide bonds. The van der Waals surface area contributed by atoms with Crippen molar-refractivity contribution in [1.29, 1.82) is 0 Å². The average Bonchev–Trinajstić information content (AvgIpc) is 1.74. The molecule has 1 saturated carbocycles. The number of benzene rings is 7. The highest BCUT2D eigenvalue weighted by atomic mass is 16.8. The number of rotatable bonds is 21. The molecule has 7 aliphatic rings. The third kappa shape index (κ3) is 12.2. The molecule has 1 unspecified atom stereocenters. The number of ether oxygens (including phenoxy) is 11. The van der Waals surface area contributed by atoms with Crippen LogP contribution in [0.1, 0.15) is 75.5 Å². The number of aliphatic hydroxyl groups excluding tert-OH is 1. The third-order valence-corrected chi connectivity index (χ3v) is 18.0. The maximum Gasteiger partial charge on any atom is 0.287 e. The van der Waals surface area contributed by atoms with Gasteiger partial charge < -0.3 is 62.1 Å². The van der Waals surface area contributed by atoms with Crippen LogP contribution in [-0.4, -0.2) is 169 Å². The molecule has 4 fully saturated rings. The zero-order valence-electron chi connectivity index (χ0n) is 50.6. The van der Waals surface area contributed by atoms with Crippen LogP contribution in [0.3, 0.4) is 0 Å². The lowest BCUT2D eigenvalue weighted by Gasteiger charge is -2.53. The van der Waals surface area contributed by atoms with Crippen molar-refractivity contribution < 1.29 is 76.4 Å². The molecule has 3 saturated heterocycles. The summed E-state index contributed by atoms with van der Waals surface area (Å²) in [7, 11) is 3.60. The molecule has 16 atom stereocenters. The molecule has 92 heavy (non-hydrogen) atoms. The first-order valence-electron chi connectivity index (χ1n) is 31.1. The minimum Gasteiger partial charge on any atom is -0.459 e. The van der Waals surface area contributed by atoms with E-state index in [0.717, 1.165) is 26.5 Å². The number of amides is 4. The number of carbonyl (C=O) groups is 4. The minimum atomic E-state index is -1.61. The Morgan fingerprint density at radius 1 is 0.489 bits per heavy atom. The molecule has 0 bridgehead atoms. The van der Waals surface area contributed by atoms with Crippen molar-refractivity contribution in [3.05, 3.63) is 250 Å². The molecule has 474 valence electrons. The highest BCUT2D eigenvalue weighted by Gasteiger charge is 2.63. The van der Waals surface area contributed by atoms with Crippen LogP contribution in [0.15, 0.2) is 205 Å². The molecule has 20 heteroatoms. The van der Waals surface area contributed by atoms with Gasteiger partial charge in [0.1, 0.15) is 67.0 Å². The second kappa shape index (κ2) is 27.1. The van der Waals surface area contributed by atoms with E-state index in [4.69, 9.17) is 57.1 Å². The van der Waals surface area contributed by atoms with Crippen LogP contribution in [0.2, 0.25) is 0 Å². The number of imide groups is 2. The van der Waals surface area contributed by atoms with Crippen LogP contribution < -0.4 is 0 Å². The summed E-state index contributed by atoms with van der Waals surface area (Å²) in [5.41, 5.74) is 4.55. The van der Waals surface area contributed by atoms with Crippen LogP contribution >= 0.6 is 0 Å². The number of nitrogens with zero attached hydrogens (tertiary/aromatic N) is 4. The highest BCUT2D eigenvalue weighted by molar-refractivity contribution is 6.22. The number of carbonyl (C=O) groups excluding carboxylic acids is 4. The van der Waals surface area contributed by atoms with Crippen molar-refractivity contribution in [3.8, 4) is 0 Å². The Morgan fingerprint density at radius 2 is 0.924 bits per heavy atom. The molecule has 6 aliphatic heterocycles. The summed E-state index contributed by atoms with van der Waals surface area (Å²) in [5, 5.41) is 12.7. The maximum absolute atomic E-state index is 15.4. The van der Waals surface area contributed by atoms with E-state index in [-0.39, 0.29) is 68.5 Å². The predicted octanol–water partition coefficient (Wildman–Crippen LogP) is 7.93. The standard InChI is InChI=1S/C72H70N4O16/c1-74(2)72-73-55-58(77)60(52(59(55)92-72)40-82-36-43-22-8-3-9-23-43)89-70-56(75-65(78)48-32-18-19-33-49(48)66(75)79)63(84-38-45-26-12-5-13-27-45)61(53(87-70)41-83-37-44-24-10-4-11-25-44)91-71-57(76-67(80)50-34-20-21-35-51(50)68(76)81)64(85-39-46-28-14-6-15-29-46)62-54(88-71)42-86-69(90-62)47-30-16-7-17-31-47/h3-35,52-64,69-71,77H,36-42H2,1-2H3/t52-,53+,54+,55+,56+,57+,58+,59-,60+,61+,62+,63-,64-,69?,70-,71-/m0/s1. The molecule has 20 nitrogen and oxygen atoms in total. The zero-order valence-corrected chi connectivity index (χ0v) is 50.6. The van der Waals surface area contributed by atoms with Crippen molar-refractivity contribution in [1.82, 2.24) is 14.7 Å². The van der Waals surface area contributed by atoms with Gasteiger partial charge in [0.2, 0.25) is 0 Å². The fraction of sp³-hybridized carbons (Fsp3) is 0.347. The molecule has 14 rings (SSSR count). The first kappa shape index (κ1) is 61.2. The van der Waals surface area contributed by atoms with Gasteiger partial charge in [-0.3, -0.25) is 29.0 Å². The van der Waals surface area contributed by atoms with Crippen LogP contribution in [-0.2, 0) is 78.5 Å². The van der Waals surface area contributed by atoms with E-state index in [1.54, 1.807) is 67.5 Å². The van der Waals surface area contributed by atoms with Gasteiger partial charge in [0.25, 0.3) is 29.7 Å². The quantitative estimate of drug-likeness (QED) is 0.0677. The average molecular weight is 1250 g/mol. The highest BCUT2D eigenvalue weighted by Crippen LogP contribution is 2.45. The number of hydrogen-bond acceptors (Lipinski definition) is 18. The van der Waals surface area contributed by atoms with E-state index in [1.807, 2.05) is 152 Å². The molecule has 0 radical (unpaired) electrons. The van der Waals surface area contributed by atoms with Crippen LogP contribution in [0, 0.1) is 5.92 Å². The first-order valence-corrected chi connectivity index (χ1v) is 31.1. The van der Waals surface area contributed by atoms with Crippen LogP contribution in [0.4, 0.5) is 0 Å². The number of fused-ring (bicyclic) bond motifs is 4. The van der Waals surface area contributed by atoms with Gasteiger partial charge in [-0.25, -0.2) is 4.99 Å². The van der Waals surface area contributed by atoms with Crippen molar-refractivity contribution in [3.63, 3.8) is 0 Å². The summed E-state index contributed by atoms with van der Waals surface area (Å²) in [6.45, 7) is -0.0520. The molecule has 7 aromatic rings. The van der Waals surface area contributed by atoms with Crippen molar-refractivity contribution >= 4 is 29.7 Å². The van der Waals surface area contributed by atoms with E-state index in [2.05, 4.69) is 0 Å². The maximum atomic E-state index is 15.4. The first-order chi connectivity index (χ1) is 45.1. The lowest BCUT2D eigenvalue weighted by Crippen LogP contribution is -2.71. The largest absolute Gasteiger partial charge is 0.459 e. The molecule has 1 N–H and O–H groups in total. The smallest absolute Gasteiger partial charge is 0.287 e. The second-order valence-electron chi connectivity index (χ2n) is 24.1. The van der Waals surface area contributed by atoms with E-state index in [1.165, 1.54) is 0 Å². The third-order valence-electron chi connectivity index (χ3n) is 18.0. The summed E-state index contributed by atoms with van der Waals surface area (Å²) < 4.78 is 76.7. The molecule has 7 aromatic carbocycles. The van der Waals surface area contributed by atoms with Crippen molar-refractivity contribution in [2.45, 2.75) is 118 Å². The van der Waals surface area contributed by atoms with Crippen molar-refractivity contribution in [2.24, 2.45) is 10.9 Å². The Hall–Kier alpha value is -8.35. The SMILES string of the molecule is CN(C)C1=N[C@@H]2[C@@H](O)[C@H](O[C@@H]3O[C@H](COCc4ccccc4)[C@@H](O[C@@H]4O[C@@H]5COC(c6ccccc6)O[C@H]5[C@@H](OCc5ccccc5)[C@H]4N4C(=O)c5ccccc5C4=O)[C@@H](OCc4ccccc4)[C@H]3N3C(=O)c4ccccc4C3=O)[C@@H](COCc3ccccc3)[C@@H]2O1. The Labute approximate surface area is 532 Å². The lowest BCUT2D eigenvalue weighted by molar-refractivity contribution is -0.379. The normalized spacial score (nSPS) is 29.8. The van der Waals surface area contributed by atoms with Gasteiger partial charge in [-0.1, -0.05) is 176 Å². The topological polar surface area (TPSA) is 212 Å². The van der Waals surface area contributed by atoms with Gasteiger partial charge in [0.15, 0.2) is 18.9 Å². The molecule has 0 aromatic heterocycles. The van der Waals surface area contributed by atoms with Gasteiger partial charge in [0, 0.05) is 19.7 Å². The minimum absolute atomic E-state index is 0.00725. The molecule has 0 spiro atoms. The number of aliphatic hydroxyl groups is 1. The second-order valence-corrected chi connectivity index (χ2v) is 24.1. The summed E-state index contributed by atoms with van der Waals surface area (Å²) >= 11 is 0. The van der Waals surface area contributed by atoms with Crippen LogP contribution in [0.25, 0.3) is 0 Å². The fourth-order valence-corrected chi connectivity index (χ4v) is 13.5. The van der Waals surface area contributed by atoms with Gasteiger partial charge >= 0.3 is 0 Å². The Bertz CT molecular complexity index is 3690. The molecular formula is C72H70N4O16. The summed E-state index contributed by atoms with van der Waals surface area (Å²) in [6.07, 6.45) is -14.6. The monoisotopic (exact) mass is 1250 g/mol. The number of amidine groups is 1. The number of hydrogen-bond donors (Lipinski definition) is 1. The summed E-state index contributed by atoms with van der Waals surface area (Å²) in [6, 6.07) is 57.0. The number of aliphatic imine (C=N–C) groups is 1. The van der Waals surface area contributed by atoms with E-state index >= 15 is 19.2 Å². The molecular weight excluding hydrogens is 1180 g/mol. The fourth-order valence-electron chi connectivity index (χ4n) is 13.5. The Morgan fingerprint density at radius 3 is 1.43 bits per heavy atom. The van der Waals surface area contributed by atoms with Gasteiger partial charge in [0.05, 0.1) is 80.5 Å².